The molecule has 0 aliphatic carbocycles. The molecule has 1 fully saturated rings. The van der Waals surface area contributed by atoms with Crippen molar-refractivity contribution >= 4 is 5.91 Å². The average molecular weight is 328 g/mol. The van der Waals surface area contributed by atoms with E-state index in [1.165, 1.54) is 0 Å². The highest BCUT2D eigenvalue weighted by atomic mass is 19.4. The Morgan fingerprint density at radius 3 is 2.35 bits per heavy atom. The van der Waals surface area contributed by atoms with E-state index in [0.717, 1.165) is 31.5 Å². The van der Waals surface area contributed by atoms with Crippen LogP contribution >= 0.6 is 0 Å². The molecule has 1 aliphatic heterocycles. The minimum absolute atomic E-state index is 0.134. The van der Waals surface area contributed by atoms with Crippen molar-refractivity contribution < 1.29 is 18.0 Å². The molecule has 0 unspecified atom stereocenters. The monoisotopic (exact) mass is 328 g/mol. The quantitative estimate of drug-likeness (QED) is 0.921. The summed E-state index contributed by atoms with van der Waals surface area (Å²) in [5, 5.41) is 2.90. The summed E-state index contributed by atoms with van der Waals surface area (Å²) in [6, 6.07) is 3.72. The highest BCUT2D eigenvalue weighted by Crippen LogP contribution is 2.33. The fourth-order valence-electron chi connectivity index (χ4n) is 3.01. The first-order valence-electron chi connectivity index (χ1n) is 7.72. The number of likely N-dealkylation sites (tertiary alicyclic amines) is 1. The first-order chi connectivity index (χ1) is 10.5. The first-order valence-corrected chi connectivity index (χ1v) is 7.72. The molecule has 1 amide bonds. The van der Waals surface area contributed by atoms with Gasteiger partial charge in [-0.1, -0.05) is 11.6 Å². The molecular formula is C17H23F3N2O. The topological polar surface area (TPSA) is 32.3 Å². The van der Waals surface area contributed by atoms with Gasteiger partial charge in [-0.2, -0.15) is 13.2 Å². The van der Waals surface area contributed by atoms with Crippen LogP contribution in [0.1, 0.15) is 43.4 Å². The number of alkyl halides is 3. The van der Waals surface area contributed by atoms with Crippen LogP contribution in [0.15, 0.2) is 18.2 Å². The van der Waals surface area contributed by atoms with E-state index in [2.05, 4.69) is 5.32 Å². The smallest absolute Gasteiger partial charge is 0.346 e. The molecule has 0 aromatic heterocycles. The van der Waals surface area contributed by atoms with Gasteiger partial charge in [-0.25, -0.2) is 0 Å². The third-order valence-corrected chi connectivity index (χ3v) is 4.39. The molecular weight excluding hydrogens is 305 g/mol. The first kappa shape index (κ1) is 17.8. The number of aryl methyl sites for hydroxylation is 1. The van der Waals surface area contributed by atoms with E-state index in [9.17, 15) is 18.0 Å². The number of carbonyl (C=O) groups excluding carboxylic acids is 1. The standard InChI is InChI=1S/C17H23F3N2O/c1-11-8-12(10-13(9-11)17(18,19)20)16(2,3)21-15(23)14-6-5-7-22(14)4/h8-10,14H,5-7H2,1-4H3,(H,21,23)/t14-/m1/s1. The molecule has 1 aromatic carbocycles. The molecule has 2 rings (SSSR count). The van der Waals surface area contributed by atoms with Crippen molar-refractivity contribution in [3.8, 4) is 0 Å². The summed E-state index contributed by atoms with van der Waals surface area (Å²) < 4.78 is 39.0. The molecule has 128 valence electrons. The fourth-order valence-corrected chi connectivity index (χ4v) is 3.01. The lowest BCUT2D eigenvalue weighted by Crippen LogP contribution is -2.49. The molecule has 0 saturated carbocycles. The molecule has 6 heteroatoms. The van der Waals surface area contributed by atoms with Gasteiger partial charge in [0.05, 0.1) is 17.1 Å². The Bertz CT molecular complexity index is 596. The average Bonchev–Trinajstić information content (AvgIpc) is 2.83. The van der Waals surface area contributed by atoms with Gasteiger partial charge < -0.3 is 5.32 Å². The summed E-state index contributed by atoms with van der Waals surface area (Å²) >= 11 is 0. The maximum absolute atomic E-state index is 13.0. The number of carbonyl (C=O) groups is 1. The Morgan fingerprint density at radius 2 is 1.83 bits per heavy atom. The number of nitrogens with one attached hydrogen (secondary N) is 1. The molecule has 23 heavy (non-hydrogen) atoms. The largest absolute Gasteiger partial charge is 0.416 e. The van der Waals surface area contributed by atoms with Gasteiger partial charge in [-0.3, -0.25) is 9.69 Å². The lowest BCUT2D eigenvalue weighted by Gasteiger charge is -2.31. The molecule has 1 aliphatic rings. The summed E-state index contributed by atoms with van der Waals surface area (Å²) in [6.45, 7) is 5.95. The van der Waals surface area contributed by atoms with Crippen LogP contribution < -0.4 is 5.32 Å². The van der Waals surface area contributed by atoms with Crippen molar-refractivity contribution in [1.82, 2.24) is 10.2 Å². The van der Waals surface area contributed by atoms with E-state index >= 15 is 0 Å². The summed E-state index contributed by atoms with van der Waals surface area (Å²) in [5.41, 5.74) is -0.575. The van der Waals surface area contributed by atoms with Crippen molar-refractivity contribution in [2.24, 2.45) is 0 Å². The lowest BCUT2D eigenvalue weighted by atomic mass is 9.90. The van der Waals surface area contributed by atoms with E-state index in [4.69, 9.17) is 0 Å². The number of likely N-dealkylation sites (N-methyl/N-ethyl adjacent to an activating group) is 1. The van der Waals surface area contributed by atoms with Gasteiger partial charge >= 0.3 is 6.18 Å². The second kappa shape index (κ2) is 6.15. The van der Waals surface area contributed by atoms with Crippen LogP contribution in [0.2, 0.25) is 0 Å². The zero-order valence-electron chi connectivity index (χ0n) is 13.9. The van der Waals surface area contributed by atoms with E-state index in [1.807, 2.05) is 11.9 Å². The van der Waals surface area contributed by atoms with Crippen LogP contribution in [0.25, 0.3) is 0 Å². The van der Waals surface area contributed by atoms with Crippen molar-refractivity contribution in [1.29, 1.82) is 0 Å². The summed E-state index contributed by atoms with van der Waals surface area (Å²) in [4.78, 5) is 14.4. The second-order valence-electron chi connectivity index (χ2n) is 6.84. The molecule has 1 atom stereocenters. The number of benzene rings is 1. The molecule has 1 saturated heterocycles. The number of hydrogen-bond donors (Lipinski definition) is 1. The van der Waals surface area contributed by atoms with Gasteiger partial charge in [0.1, 0.15) is 0 Å². The number of nitrogens with zero attached hydrogens (tertiary/aromatic N) is 1. The van der Waals surface area contributed by atoms with E-state index in [-0.39, 0.29) is 11.9 Å². The third kappa shape index (κ3) is 4.05. The Labute approximate surface area is 134 Å². The molecule has 0 spiro atoms. The van der Waals surface area contributed by atoms with Gasteiger partial charge in [-0.05, 0) is 64.9 Å². The molecule has 0 radical (unpaired) electrons. The van der Waals surface area contributed by atoms with Gasteiger partial charge in [-0.15, -0.1) is 0 Å². The van der Waals surface area contributed by atoms with Crippen molar-refractivity contribution in [2.75, 3.05) is 13.6 Å². The Kier molecular flexibility index (Phi) is 4.76. The predicted molar refractivity (Wildman–Crippen MR) is 83.0 cm³/mol. The third-order valence-electron chi connectivity index (χ3n) is 4.39. The number of hydrogen-bond acceptors (Lipinski definition) is 2. The minimum Gasteiger partial charge on any atom is -0.346 e. The van der Waals surface area contributed by atoms with Gasteiger partial charge in [0.2, 0.25) is 5.91 Å². The van der Waals surface area contributed by atoms with Crippen LogP contribution in [0.5, 0.6) is 0 Å². The van der Waals surface area contributed by atoms with Gasteiger partial charge in [0.15, 0.2) is 0 Å². The number of rotatable bonds is 3. The molecule has 1 aromatic rings. The molecule has 1 heterocycles. The maximum Gasteiger partial charge on any atom is 0.416 e. The molecule has 3 nitrogen and oxygen atoms in total. The van der Waals surface area contributed by atoms with Crippen LogP contribution in [0.4, 0.5) is 13.2 Å². The Hall–Kier alpha value is -1.56. The molecule has 0 bridgehead atoms. The van der Waals surface area contributed by atoms with Crippen LogP contribution in [-0.4, -0.2) is 30.4 Å². The highest BCUT2D eigenvalue weighted by Gasteiger charge is 2.35. The maximum atomic E-state index is 13.0. The summed E-state index contributed by atoms with van der Waals surface area (Å²) in [7, 11) is 1.89. The van der Waals surface area contributed by atoms with Crippen molar-refractivity contribution in [3.05, 3.63) is 34.9 Å². The van der Waals surface area contributed by atoms with Crippen LogP contribution in [0, 0.1) is 6.92 Å². The summed E-state index contributed by atoms with van der Waals surface area (Å²) in [6.07, 6.45) is -2.66. The fraction of sp³-hybridized carbons (Fsp3) is 0.588. The zero-order valence-corrected chi connectivity index (χ0v) is 13.9. The van der Waals surface area contributed by atoms with E-state index < -0.39 is 17.3 Å². The summed E-state index contributed by atoms with van der Waals surface area (Å²) in [5.74, 6) is -0.134. The Morgan fingerprint density at radius 1 is 1.22 bits per heavy atom. The minimum atomic E-state index is -4.40. The predicted octanol–water partition coefficient (Wildman–Crippen LogP) is 3.46. The second-order valence-corrected chi connectivity index (χ2v) is 6.84. The number of halogens is 3. The van der Waals surface area contributed by atoms with Crippen LogP contribution in [0.3, 0.4) is 0 Å². The SMILES string of the molecule is Cc1cc(C(F)(F)F)cc(C(C)(C)NC(=O)[C@H]2CCCN2C)c1. The number of amides is 1. The normalized spacial score (nSPS) is 19.9. The van der Waals surface area contributed by atoms with Gasteiger partial charge in [0.25, 0.3) is 0 Å². The zero-order chi connectivity index (χ0) is 17.4. The molecule has 1 N–H and O–H groups in total. The lowest BCUT2D eigenvalue weighted by molar-refractivity contribution is -0.137. The van der Waals surface area contributed by atoms with E-state index in [0.29, 0.717) is 11.1 Å². The van der Waals surface area contributed by atoms with Crippen molar-refractivity contribution in [3.63, 3.8) is 0 Å². The Balaban J connectivity index is 2.25. The van der Waals surface area contributed by atoms with Crippen molar-refractivity contribution in [2.45, 2.75) is 51.4 Å². The highest BCUT2D eigenvalue weighted by molar-refractivity contribution is 5.82. The van der Waals surface area contributed by atoms with Gasteiger partial charge in [0, 0.05) is 0 Å². The van der Waals surface area contributed by atoms with Crippen LogP contribution in [-0.2, 0) is 16.5 Å². The van der Waals surface area contributed by atoms with E-state index in [1.54, 1.807) is 26.8 Å².